The number of anilines is 1. The lowest BCUT2D eigenvalue weighted by Crippen LogP contribution is -1.95. The van der Waals surface area contributed by atoms with Gasteiger partial charge in [-0.2, -0.15) is 0 Å². The Bertz CT molecular complexity index is 863. The van der Waals surface area contributed by atoms with Crippen LogP contribution in [0.2, 0.25) is 5.02 Å². The van der Waals surface area contributed by atoms with E-state index in [-0.39, 0.29) is 6.01 Å². The summed E-state index contributed by atoms with van der Waals surface area (Å²) < 4.78 is 11.8. The summed E-state index contributed by atoms with van der Waals surface area (Å²) in [5, 5.41) is 7.86. The maximum Gasteiger partial charge on any atom is 0.313 e. The van der Waals surface area contributed by atoms with Gasteiger partial charge in [0.25, 0.3) is 0 Å². The highest BCUT2D eigenvalue weighted by atomic mass is 79.9. The van der Waals surface area contributed by atoms with Crippen LogP contribution in [0.15, 0.2) is 51.4 Å². The Hall–Kier alpha value is -2.31. The van der Waals surface area contributed by atoms with Gasteiger partial charge >= 0.3 is 6.01 Å². The molecule has 0 fully saturated rings. The smallest absolute Gasteiger partial charge is 0.313 e. The number of rotatable bonds is 5. The third kappa shape index (κ3) is 4.37. The van der Waals surface area contributed by atoms with Crippen LogP contribution >= 0.6 is 27.5 Å². The van der Waals surface area contributed by atoms with E-state index in [4.69, 9.17) is 26.5 Å². The molecule has 122 valence electrons. The molecule has 0 unspecified atom stereocenters. The van der Waals surface area contributed by atoms with Crippen LogP contribution in [0, 0.1) is 0 Å². The topological polar surface area (TPSA) is 74.2 Å². The Kier molecular flexibility index (Phi) is 5.17. The average Bonchev–Trinajstić information content (AvgIpc) is 2.99. The zero-order valence-corrected chi connectivity index (χ0v) is 14.8. The largest absolute Gasteiger partial charge is 0.487 e. The van der Waals surface area contributed by atoms with Gasteiger partial charge in [-0.1, -0.05) is 50.8 Å². The van der Waals surface area contributed by atoms with E-state index < -0.39 is 0 Å². The number of ether oxygens (including phenoxy) is 1. The van der Waals surface area contributed by atoms with Gasteiger partial charge in [-0.3, -0.25) is 0 Å². The second-order valence-corrected chi connectivity index (χ2v) is 6.24. The molecule has 0 saturated carbocycles. The molecule has 0 spiro atoms. The molecule has 5 nitrogen and oxygen atoms in total. The molecule has 2 aromatic carbocycles. The van der Waals surface area contributed by atoms with Gasteiger partial charge in [-0.05, 0) is 41.5 Å². The van der Waals surface area contributed by atoms with Crippen LogP contribution in [0.5, 0.6) is 5.75 Å². The van der Waals surface area contributed by atoms with Gasteiger partial charge < -0.3 is 14.9 Å². The number of aromatic nitrogens is 2. The van der Waals surface area contributed by atoms with Crippen molar-refractivity contribution in [3.63, 3.8) is 0 Å². The summed E-state index contributed by atoms with van der Waals surface area (Å²) in [7, 11) is 0. The van der Waals surface area contributed by atoms with E-state index in [9.17, 15) is 0 Å². The van der Waals surface area contributed by atoms with E-state index in [0.29, 0.717) is 23.3 Å². The molecule has 3 aromatic rings. The predicted octanol–water partition coefficient (Wildman–Crippen LogP) is 4.82. The minimum absolute atomic E-state index is 0.0318. The molecule has 0 saturated heterocycles. The molecule has 0 atom stereocenters. The van der Waals surface area contributed by atoms with Crippen LogP contribution in [-0.4, -0.2) is 10.2 Å². The molecule has 0 aliphatic rings. The Morgan fingerprint density at radius 3 is 2.58 bits per heavy atom. The van der Waals surface area contributed by atoms with Gasteiger partial charge in [-0.25, -0.2) is 0 Å². The van der Waals surface area contributed by atoms with Crippen molar-refractivity contribution in [2.75, 3.05) is 5.73 Å². The van der Waals surface area contributed by atoms with Crippen molar-refractivity contribution in [3.05, 3.63) is 69.0 Å². The minimum Gasteiger partial charge on any atom is -0.487 e. The van der Waals surface area contributed by atoms with E-state index >= 15 is 0 Å². The summed E-state index contributed by atoms with van der Waals surface area (Å²) in [5.41, 5.74) is 7.31. The van der Waals surface area contributed by atoms with E-state index in [0.717, 1.165) is 15.6 Å². The summed E-state index contributed by atoms with van der Waals surface area (Å²) in [6, 6.07) is 13.5. The molecule has 0 amide bonds. The Morgan fingerprint density at radius 2 is 1.92 bits per heavy atom. The van der Waals surface area contributed by atoms with Gasteiger partial charge in [0.15, 0.2) is 0 Å². The Morgan fingerprint density at radius 1 is 1.12 bits per heavy atom. The second kappa shape index (κ2) is 7.51. The standard InChI is InChI=1S/C17H13BrClN3O2/c18-13-5-1-12(2-6-13)10-23-15-7-3-11(9-14(15)19)4-8-16-21-22-17(20)24-16/h1-9H,10H2,(H2,20,22)/b8-4+. The molecule has 24 heavy (non-hydrogen) atoms. The van der Waals surface area contributed by atoms with Gasteiger partial charge in [0, 0.05) is 10.5 Å². The zero-order valence-electron chi connectivity index (χ0n) is 12.4. The first-order valence-corrected chi connectivity index (χ1v) is 8.21. The third-order valence-corrected chi connectivity index (χ3v) is 3.96. The molecule has 0 radical (unpaired) electrons. The quantitative estimate of drug-likeness (QED) is 0.657. The molecule has 2 N–H and O–H groups in total. The van der Waals surface area contributed by atoms with Crippen molar-refractivity contribution in [2.45, 2.75) is 6.61 Å². The van der Waals surface area contributed by atoms with E-state index in [2.05, 4.69) is 26.1 Å². The van der Waals surface area contributed by atoms with Crippen LogP contribution in [0.4, 0.5) is 6.01 Å². The number of nitrogens with zero attached hydrogens (tertiary/aromatic N) is 2. The van der Waals surface area contributed by atoms with Crippen LogP contribution in [0.25, 0.3) is 12.2 Å². The monoisotopic (exact) mass is 405 g/mol. The van der Waals surface area contributed by atoms with Gasteiger partial charge in [-0.15, -0.1) is 5.10 Å². The first-order chi connectivity index (χ1) is 11.6. The van der Waals surface area contributed by atoms with Crippen molar-refractivity contribution in [1.29, 1.82) is 0 Å². The van der Waals surface area contributed by atoms with Crippen LogP contribution in [0.1, 0.15) is 17.0 Å². The van der Waals surface area contributed by atoms with Crippen molar-refractivity contribution in [2.24, 2.45) is 0 Å². The summed E-state index contributed by atoms with van der Waals surface area (Å²) in [6.45, 7) is 0.448. The fourth-order valence-corrected chi connectivity index (χ4v) is 2.47. The zero-order chi connectivity index (χ0) is 16.9. The molecule has 0 bridgehead atoms. The molecule has 0 aliphatic heterocycles. The third-order valence-electron chi connectivity index (χ3n) is 3.14. The van der Waals surface area contributed by atoms with Crippen molar-refractivity contribution in [3.8, 4) is 5.75 Å². The highest BCUT2D eigenvalue weighted by molar-refractivity contribution is 9.10. The maximum absolute atomic E-state index is 6.27. The van der Waals surface area contributed by atoms with Crippen molar-refractivity contribution in [1.82, 2.24) is 10.2 Å². The molecular formula is C17H13BrClN3O2. The van der Waals surface area contributed by atoms with E-state index in [1.807, 2.05) is 36.4 Å². The molecule has 1 heterocycles. The summed E-state index contributed by atoms with van der Waals surface area (Å²) >= 11 is 9.67. The van der Waals surface area contributed by atoms with Gasteiger partial charge in [0.1, 0.15) is 12.4 Å². The second-order valence-electron chi connectivity index (χ2n) is 4.92. The highest BCUT2D eigenvalue weighted by Gasteiger charge is 2.04. The van der Waals surface area contributed by atoms with Crippen LogP contribution in [-0.2, 0) is 6.61 Å². The number of nitrogen functional groups attached to an aromatic ring is 1. The lowest BCUT2D eigenvalue weighted by atomic mass is 10.2. The maximum atomic E-state index is 6.27. The molecule has 1 aromatic heterocycles. The minimum atomic E-state index is 0.0318. The SMILES string of the molecule is Nc1nnc(/C=C/c2ccc(OCc3ccc(Br)cc3)c(Cl)c2)o1. The van der Waals surface area contributed by atoms with Gasteiger partial charge in [0.2, 0.25) is 5.89 Å². The predicted molar refractivity (Wildman–Crippen MR) is 97.6 cm³/mol. The highest BCUT2D eigenvalue weighted by Crippen LogP contribution is 2.27. The Balaban J connectivity index is 1.65. The average molecular weight is 407 g/mol. The number of halogens is 2. The normalized spacial score (nSPS) is 11.1. The molecule has 3 rings (SSSR count). The van der Waals surface area contributed by atoms with E-state index in [1.54, 1.807) is 18.2 Å². The fourth-order valence-electron chi connectivity index (χ4n) is 1.96. The number of hydrogen-bond acceptors (Lipinski definition) is 5. The first kappa shape index (κ1) is 16.5. The summed E-state index contributed by atoms with van der Waals surface area (Å²) in [6.07, 6.45) is 3.47. The first-order valence-electron chi connectivity index (χ1n) is 7.04. The van der Waals surface area contributed by atoms with Crippen LogP contribution < -0.4 is 10.5 Å². The van der Waals surface area contributed by atoms with Gasteiger partial charge in [0.05, 0.1) is 5.02 Å². The molecule has 0 aliphatic carbocycles. The number of benzene rings is 2. The Labute approximate surface area is 152 Å². The number of hydrogen-bond donors (Lipinski definition) is 1. The lowest BCUT2D eigenvalue weighted by Gasteiger charge is -2.09. The number of nitrogens with two attached hydrogens (primary N) is 1. The van der Waals surface area contributed by atoms with E-state index in [1.165, 1.54) is 0 Å². The summed E-state index contributed by atoms with van der Waals surface area (Å²) in [5.74, 6) is 0.956. The lowest BCUT2D eigenvalue weighted by molar-refractivity contribution is 0.306. The molecular weight excluding hydrogens is 394 g/mol. The fraction of sp³-hybridized carbons (Fsp3) is 0.0588. The van der Waals surface area contributed by atoms with Crippen LogP contribution in [0.3, 0.4) is 0 Å². The van der Waals surface area contributed by atoms with Crippen molar-refractivity contribution < 1.29 is 9.15 Å². The van der Waals surface area contributed by atoms with Crippen molar-refractivity contribution >= 4 is 45.7 Å². The molecule has 7 heteroatoms. The summed E-state index contributed by atoms with van der Waals surface area (Å²) in [4.78, 5) is 0.